The number of nitrogens with zero attached hydrogens (tertiary/aromatic N) is 2. The molecule has 0 spiro atoms. The maximum atomic E-state index is 12.7. The van der Waals surface area contributed by atoms with Gasteiger partial charge in [0.25, 0.3) is 5.91 Å². The second kappa shape index (κ2) is 6.63. The molecule has 0 aliphatic carbocycles. The van der Waals surface area contributed by atoms with Crippen molar-refractivity contribution in [1.82, 2.24) is 9.78 Å². The number of hydrogen-bond acceptors (Lipinski definition) is 4. The minimum absolute atomic E-state index is 0.211. The van der Waals surface area contributed by atoms with E-state index >= 15 is 0 Å². The summed E-state index contributed by atoms with van der Waals surface area (Å²) >= 11 is 9.50. The van der Waals surface area contributed by atoms with E-state index in [4.69, 9.17) is 11.6 Å². The van der Waals surface area contributed by atoms with Crippen LogP contribution in [0.5, 0.6) is 0 Å². The first-order chi connectivity index (χ1) is 12.1. The fourth-order valence-corrected chi connectivity index (χ4v) is 4.80. The largest absolute Gasteiger partial charge is 0.306 e. The Morgan fingerprint density at radius 1 is 1.32 bits per heavy atom. The lowest BCUT2D eigenvalue weighted by Gasteiger charge is -2.07. The van der Waals surface area contributed by atoms with Crippen LogP contribution < -0.4 is 5.32 Å². The number of aromatic nitrogens is 2. The van der Waals surface area contributed by atoms with Crippen LogP contribution in [0.2, 0.25) is 5.02 Å². The Bertz CT molecular complexity index is 1050. The number of rotatable bonds is 4. The first-order valence-corrected chi connectivity index (χ1v) is 9.73. The Labute approximate surface area is 157 Å². The van der Waals surface area contributed by atoms with E-state index in [0.29, 0.717) is 22.3 Å². The maximum absolute atomic E-state index is 12.7. The van der Waals surface area contributed by atoms with Gasteiger partial charge in [0.15, 0.2) is 0 Å². The van der Waals surface area contributed by atoms with Crippen molar-refractivity contribution in [3.05, 3.63) is 68.3 Å². The van der Waals surface area contributed by atoms with Crippen LogP contribution in [0.3, 0.4) is 0 Å². The molecule has 126 valence electrons. The first-order valence-electron chi connectivity index (χ1n) is 7.66. The van der Waals surface area contributed by atoms with E-state index in [1.54, 1.807) is 28.3 Å². The summed E-state index contributed by atoms with van der Waals surface area (Å²) in [7, 11) is 0. The molecule has 25 heavy (non-hydrogen) atoms. The molecule has 4 aromatic rings. The average molecular weight is 388 g/mol. The molecule has 4 rings (SSSR count). The Kier molecular flexibility index (Phi) is 4.33. The summed E-state index contributed by atoms with van der Waals surface area (Å²) in [6.45, 7) is 2.65. The third-order valence-corrected chi connectivity index (χ3v) is 6.35. The number of halogens is 1. The van der Waals surface area contributed by atoms with Gasteiger partial charge in [0.1, 0.15) is 10.7 Å². The summed E-state index contributed by atoms with van der Waals surface area (Å²) in [6.07, 6.45) is 1.68. The van der Waals surface area contributed by atoms with Crippen molar-refractivity contribution in [2.24, 2.45) is 0 Å². The van der Waals surface area contributed by atoms with Gasteiger partial charge < -0.3 is 5.32 Å². The number of amides is 1. The third-order valence-electron chi connectivity index (χ3n) is 3.84. The number of thiophene rings is 2. The normalized spacial score (nSPS) is 11.1. The van der Waals surface area contributed by atoms with Gasteiger partial charge in [0, 0.05) is 21.0 Å². The molecule has 0 bridgehead atoms. The Hall–Kier alpha value is -2.15. The smallest absolute Gasteiger partial charge is 0.268 e. The molecule has 3 aromatic heterocycles. The summed E-state index contributed by atoms with van der Waals surface area (Å²) in [5.74, 6) is 0.444. The fraction of sp³-hybridized carbons (Fsp3) is 0.111. The van der Waals surface area contributed by atoms with Crippen LogP contribution in [0.4, 0.5) is 5.82 Å². The Morgan fingerprint density at radius 2 is 2.20 bits per heavy atom. The number of benzene rings is 1. The molecule has 0 saturated carbocycles. The van der Waals surface area contributed by atoms with Gasteiger partial charge in [-0.3, -0.25) is 4.79 Å². The highest BCUT2D eigenvalue weighted by Crippen LogP contribution is 2.36. The van der Waals surface area contributed by atoms with E-state index in [2.05, 4.69) is 10.4 Å². The van der Waals surface area contributed by atoms with Crippen LogP contribution in [0.25, 0.3) is 10.1 Å². The average Bonchev–Trinajstić information content (AvgIpc) is 3.30. The van der Waals surface area contributed by atoms with Crippen molar-refractivity contribution in [3.8, 4) is 0 Å². The van der Waals surface area contributed by atoms with Crippen LogP contribution >= 0.6 is 34.3 Å². The SMILES string of the molecule is Cc1ccc2c(Cl)c(C(=O)Nc3ccnn3Cc3cccs3)sc2c1. The number of fused-ring (bicyclic) bond motifs is 1. The van der Waals surface area contributed by atoms with Crippen molar-refractivity contribution >= 4 is 56.1 Å². The van der Waals surface area contributed by atoms with Gasteiger partial charge in [0.05, 0.1) is 17.8 Å². The van der Waals surface area contributed by atoms with Gasteiger partial charge in [0.2, 0.25) is 0 Å². The lowest BCUT2D eigenvalue weighted by atomic mass is 10.2. The van der Waals surface area contributed by atoms with Gasteiger partial charge in [-0.25, -0.2) is 4.68 Å². The maximum Gasteiger partial charge on any atom is 0.268 e. The lowest BCUT2D eigenvalue weighted by molar-refractivity contribution is 0.102. The highest BCUT2D eigenvalue weighted by Gasteiger charge is 2.18. The monoisotopic (exact) mass is 387 g/mol. The topological polar surface area (TPSA) is 46.9 Å². The molecule has 1 N–H and O–H groups in total. The molecule has 0 aliphatic rings. The van der Waals surface area contributed by atoms with Gasteiger partial charge in [-0.15, -0.1) is 22.7 Å². The van der Waals surface area contributed by atoms with Gasteiger partial charge in [-0.05, 0) is 30.0 Å². The predicted octanol–water partition coefficient (Wildman–Crippen LogP) is 5.42. The molecule has 0 fully saturated rings. The molecule has 0 atom stereocenters. The van der Waals surface area contributed by atoms with E-state index in [-0.39, 0.29) is 5.91 Å². The molecule has 3 heterocycles. The van der Waals surface area contributed by atoms with Crippen LogP contribution in [-0.2, 0) is 6.54 Å². The standard InChI is InChI=1S/C18H14ClN3OS2/c1-11-4-5-13-14(9-11)25-17(16(13)19)18(23)21-15-6-7-20-22(15)10-12-3-2-8-24-12/h2-9H,10H2,1H3,(H,21,23). The molecule has 0 radical (unpaired) electrons. The second-order valence-electron chi connectivity index (χ2n) is 5.65. The molecule has 4 nitrogen and oxygen atoms in total. The highest BCUT2D eigenvalue weighted by atomic mass is 35.5. The van der Waals surface area contributed by atoms with E-state index in [9.17, 15) is 4.79 Å². The second-order valence-corrected chi connectivity index (χ2v) is 8.11. The number of carbonyl (C=O) groups excluding carboxylic acids is 1. The predicted molar refractivity (Wildman–Crippen MR) is 105 cm³/mol. The van der Waals surface area contributed by atoms with Gasteiger partial charge in [-0.1, -0.05) is 29.8 Å². The van der Waals surface area contributed by atoms with Crippen molar-refractivity contribution in [1.29, 1.82) is 0 Å². The van der Waals surface area contributed by atoms with Crippen molar-refractivity contribution in [2.45, 2.75) is 13.5 Å². The Balaban J connectivity index is 1.61. The van der Waals surface area contributed by atoms with Crippen LogP contribution in [0.1, 0.15) is 20.1 Å². The molecule has 0 unspecified atom stereocenters. The van der Waals surface area contributed by atoms with Crippen LogP contribution in [0, 0.1) is 6.92 Å². The molecule has 0 saturated heterocycles. The quantitative estimate of drug-likeness (QED) is 0.508. The minimum atomic E-state index is -0.211. The molecule has 1 amide bonds. The molecular weight excluding hydrogens is 374 g/mol. The van der Waals surface area contributed by atoms with E-state index < -0.39 is 0 Å². The number of carbonyl (C=O) groups is 1. The van der Waals surface area contributed by atoms with E-state index in [1.807, 2.05) is 42.6 Å². The van der Waals surface area contributed by atoms with Gasteiger partial charge in [-0.2, -0.15) is 5.10 Å². The summed E-state index contributed by atoms with van der Waals surface area (Å²) in [5.41, 5.74) is 1.14. The number of hydrogen-bond donors (Lipinski definition) is 1. The van der Waals surface area contributed by atoms with E-state index in [1.165, 1.54) is 16.2 Å². The summed E-state index contributed by atoms with van der Waals surface area (Å²) in [4.78, 5) is 14.4. The van der Waals surface area contributed by atoms with E-state index in [0.717, 1.165) is 15.6 Å². The van der Waals surface area contributed by atoms with Crippen LogP contribution in [0.15, 0.2) is 48.0 Å². The zero-order valence-corrected chi connectivity index (χ0v) is 15.7. The molecule has 1 aromatic carbocycles. The molecule has 0 aliphatic heterocycles. The third kappa shape index (κ3) is 3.20. The molecule has 7 heteroatoms. The lowest BCUT2D eigenvalue weighted by Crippen LogP contribution is -2.15. The Morgan fingerprint density at radius 3 is 3.00 bits per heavy atom. The number of aryl methyl sites for hydroxylation is 1. The number of nitrogens with one attached hydrogen (secondary N) is 1. The zero-order chi connectivity index (χ0) is 17.4. The van der Waals surface area contributed by atoms with Crippen molar-refractivity contribution in [2.75, 3.05) is 5.32 Å². The minimum Gasteiger partial charge on any atom is -0.306 e. The summed E-state index contributed by atoms with van der Waals surface area (Å²) in [5, 5.41) is 10.7. The van der Waals surface area contributed by atoms with Crippen molar-refractivity contribution in [3.63, 3.8) is 0 Å². The molecular formula is C18H14ClN3OS2. The van der Waals surface area contributed by atoms with Crippen molar-refractivity contribution < 1.29 is 4.79 Å². The number of anilines is 1. The van der Waals surface area contributed by atoms with Crippen LogP contribution in [-0.4, -0.2) is 15.7 Å². The zero-order valence-electron chi connectivity index (χ0n) is 13.3. The first kappa shape index (κ1) is 16.3. The summed E-state index contributed by atoms with van der Waals surface area (Å²) < 4.78 is 2.79. The summed E-state index contributed by atoms with van der Waals surface area (Å²) in [6, 6.07) is 11.8. The fourth-order valence-electron chi connectivity index (χ4n) is 2.61. The highest BCUT2D eigenvalue weighted by molar-refractivity contribution is 7.21. The van der Waals surface area contributed by atoms with Gasteiger partial charge >= 0.3 is 0 Å².